The lowest BCUT2D eigenvalue weighted by Gasteiger charge is -2.32. The van der Waals surface area contributed by atoms with Gasteiger partial charge in [0.15, 0.2) is 17.3 Å². The highest BCUT2D eigenvalue weighted by Gasteiger charge is 2.27. The van der Waals surface area contributed by atoms with Gasteiger partial charge >= 0.3 is 0 Å². The normalized spacial score (nSPS) is 18.5. The number of ether oxygens (including phenoxy) is 2. The molecular formula is C20H23N3O3. The summed E-state index contributed by atoms with van der Waals surface area (Å²) in [5.74, 6) is 1.40. The molecule has 0 N–H and O–H groups in total. The molecule has 3 rings (SSSR count). The van der Waals surface area contributed by atoms with E-state index in [0.29, 0.717) is 49.7 Å². The third kappa shape index (κ3) is 4.33. The SMILES string of the molecule is N#CCC[C@H](C#N)CN1CCC(C(=O)c2ccc3c(c2)OCCO3)CC1. The third-order valence-corrected chi connectivity index (χ3v) is 5.05. The van der Waals surface area contributed by atoms with Crippen molar-refractivity contribution in [3.8, 4) is 23.6 Å². The monoisotopic (exact) mass is 353 g/mol. The summed E-state index contributed by atoms with van der Waals surface area (Å²) in [6, 6.07) is 9.80. The van der Waals surface area contributed by atoms with Crippen molar-refractivity contribution in [3.63, 3.8) is 0 Å². The molecule has 0 unspecified atom stereocenters. The van der Waals surface area contributed by atoms with Crippen molar-refractivity contribution in [1.29, 1.82) is 10.5 Å². The largest absolute Gasteiger partial charge is 0.486 e. The first kappa shape index (κ1) is 18.2. The molecule has 1 saturated heterocycles. The van der Waals surface area contributed by atoms with Crippen LogP contribution in [0.5, 0.6) is 11.5 Å². The van der Waals surface area contributed by atoms with Crippen molar-refractivity contribution < 1.29 is 14.3 Å². The second-order valence-electron chi connectivity index (χ2n) is 6.82. The number of benzene rings is 1. The molecule has 1 atom stereocenters. The number of carbonyl (C=O) groups is 1. The Balaban J connectivity index is 1.54. The standard InChI is InChI=1S/C20H23N3O3/c21-7-1-2-15(13-22)14-23-8-5-16(6-9-23)20(24)17-3-4-18-19(12-17)26-11-10-25-18/h3-4,12,15-16H,1-2,5-6,8-11,14H2/t15-/m1/s1. The van der Waals surface area contributed by atoms with Crippen molar-refractivity contribution >= 4 is 5.78 Å². The van der Waals surface area contributed by atoms with Gasteiger partial charge in [-0.05, 0) is 50.6 Å². The Kier molecular flexibility index (Phi) is 6.09. The molecule has 1 aromatic rings. The van der Waals surface area contributed by atoms with E-state index in [2.05, 4.69) is 17.0 Å². The van der Waals surface area contributed by atoms with Crippen molar-refractivity contribution in [2.75, 3.05) is 32.8 Å². The Morgan fingerprint density at radius 1 is 1.19 bits per heavy atom. The van der Waals surface area contributed by atoms with E-state index in [1.807, 2.05) is 12.1 Å². The first-order valence-electron chi connectivity index (χ1n) is 9.14. The van der Waals surface area contributed by atoms with E-state index in [0.717, 1.165) is 25.9 Å². The summed E-state index contributed by atoms with van der Waals surface area (Å²) in [7, 11) is 0. The average Bonchev–Trinajstić information content (AvgIpc) is 2.70. The molecule has 2 aliphatic heterocycles. The van der Waals surface area contributed by atoms with Gasteiger partial charge in [0.25, 0.3) is 0 Å². The number of nitrogens with zero attached hydrogens (tertiary/aromatic N) is 3. The summed E-state index contributed by atoms with van der Waals surface area (Å²) in [6.07, 6.45) is 2.62. The number of carbonyl (C=O) groups excluding carboxylic acids is 1. The van der Waals surface area contributed by atoms with E-state index in [-0.39, 0.29) is 17.6 Å². The minimum atomic E-state index is -0.111. The maximum absolute atomic E-state index is 12.8. The quantitative estimate of drug-likeness (QED) is 0.731. The van der Waals surface area contributed by atoms with E-state index in [9.17, 15) is 10.1 Å². The van der Waals surface area contributed by atoms with Gasteiger partial charge in [-0.25, -0.2) is 0 Å². The van der Waals surface area contributed by atoms with Gasteiger partial charge in [0.2, 0.25) is 0 Å². The van der Waals surface area contributed by atoms with Crippen molar-refractivity contribution in [2.45, 2.75) is 25.7 Å². The molecule has 1 aromatic carbocycles. The highest BCUT2D eigenvalue weighted by molar-refractivity contribution is 5.98. The van der Waals surface area contributed by atoms with Gasteiger partial charge in [-0.1, -0.05) is 0 Å². The molecular weight excluding hydrogens is 330 g/mol. The van der Waals surface area contributed by atoms with Gasteiger partial charge in [-0.15, -0.1) is 0 Å². The topological polar surface area (TPSA) is 86.4 Å². The number of likely N-dealkylation sites (tertiary alicyclic amines) is 1. The predicted octanol–water partition coefficient (Wildman–Crippen LogP) is 2.80. The molecule has 0 aromatic heterocycles. The predicted molar refractivity (Wildman–Crippen MR) is 94.9 cm³/mol. The van der Waals surface area contributed by atoms with E-state index in [1.165, 1.54) is 0 Å². The van der Waals surface area contributed by atoms with E-state index < -0.39 is 0 Å². The van der Waals surface area contributed by atoms with E-state index >= 15 is 0 Å². The fourth-order valence-electron chi connectivity index (χ4n) is 3.56. The lowest BCUT2D eigenvalue weighted by Crippen LogP contribution is -2.39. The Morgan fingerprint density at radius 2 is 1.92 bits per heavy atom. The van der Waals surface area contributed by atoms with E-state index in [1.54, 1.807) is 6.07 Å². The summed E-state index contributed by atoms with van der Waals surface area (Å²) >= 11 is 0. The van der Waals surface area contributed by atoms with Crippen LogP contribution in [0.3, 0.4) is 0 Å². The number of Topliss-reactive ketones (excluding diaryl/α,β-unsaturated/α-hetero) is 1. The Hall–Kier alpha value is -2.57. The zero-order valence-electron chi connectivity index (χ0n) is 14.8. The van der Waals surface area contributed by atoms with Crippen LogP contribution >= 0.6 is 0 Å². The number of hydrogen-bond donors (Lipinski definition) is 0. The third-order valence-electron chi connectivity index (χ3n) is 5.05. The summed E-state index contributed by atoms with van der Waals surface area (Å²) in [4.78, 5) is 15.0. The van der Waals surface area contributed by atoms with Crippen LogP contribution in [0.2, 0.25) is 0 Å². The molecule has 2 aliphatic rings. The molecule has 6 heteroatoms. The molecule has 136 valence electrons. The van der Waals surface area contributed by atoms with Gasteiger partial charge < -0.3 is 14.4 Å². The maximum atomic E-state index is 12.8. The van der Waals surface area contributed by atoms with Gasteiger partial charge in [0.1, 0.15) is 13.2 Å². The summed E-state index contributed by atoms with van der Waals surface area (Å²) in [5.41, 5.74) is 0.677. The number of nitriles is 2. The van der Waals surface area contributed by atoms with Crippen molar-refractivity contribution in [1.82, 2.24) is 4.90 Å². The van der Waals surface area contributed by atoms with Gasteiger partial charge in [0.05, 0.1) is 18.1 Å². The van der Waals surface area contributed by atoms with Crippen LogP contribution < -0.4 is 9.47 Å². The van der Waals surface area contributed by atoms with Crippen LogP contribution in [-0.2, 0) is 0 Å². The number of rotatable bonds is 6. The number of fused-ring (bicyclic) bond motifs is 1. The molecule has 26 heavy (non-hydrogen) atoms. The summed E-state index contributed by atoms with van der Waals surface area (Å²) in [6.45, 7) is 3.35. The van der Waals surface area contributed by atoms with Crippen LogP contribution in [-0.4, -0.2) is 43.5 Å². The molecule has 2 heterocycles. The number of hydrogen-bond acceptors (Lipinski definition) is 6. The van der Waals surface area contributed by atoms with Crippen LogP contribution in [0.15, 0.2) is 18.2 Å². The Bertz CT molecular complexity index is 727. The highest BCUT2D eigenvalue weighted by atomic mass is 16.6. The van der Waals surface area contributed by atoms with E-state index in [4.69, 9.17) is 14.7 Å². The average molecular weight is 353 g/mol. The number of ketones is 1. The molecule has 0 aliphatic carbocycles. The van der Waals surface area contributed by atoms with Crippen LogP contribution in [0.1, 0.15) is 36.0 Å². The zero-order chi connectivity index (χ0) is 18.4. The Morgan fingerprint density at radius 3 is 2.62 bits per heavy atom. The second kappa shape index (κ2) is 8.69. The van der Waals surface area contributed by atoms with Crippen molar-refractivity contribution in [2.24, 2.45) is 11.8 Å². The first-order chi connectivity index (χ1) is 12.7. The minimum absolute atomic E-state index is 0.00783. The van der Waals surface area contributed by atoms with Crippen LogP contribution in [0, 0.1) is 34.5 Å². The van der Waals surface area contributed by atoms with Gasteiger partial charge in [-0.3, -0.25) is 4.79 Å². The second-order valence-corrected chi connectivity index (χ2v) is 6.82. The lowest BCUT2D eigenvalue weighted by molar-refractivity contribution is 0.0831. The summed E-state index contributed by atoms with van der Waals surface area (Å²) < 4.78 is 11.1. The molecule has 0 saturated carbocycles. The Labute approximate surface area is 153 Å². The maximum Gasteiger partial charge on any atom is 0.166 e. The van der Waals surface area contributed by atoms with Gasteiger partial charge in [0, 0.05) is 24.4 Å². The highest BCUT2D eigenvalue weighted by Crippen LogP contribution is 2.32. The lowest BCUT2D eigenvalue weighted by atomic mass is 9.88. The minimum Gasteiger partial charge on any atom is -0.486 e. The first-order valence-corrected chi connectivity index (χ1v) is 9.14. The van der Waals surface area contributed by atoms with Crippen LogP contribution in [0.25, 0.3) is 0 Å². The molecule has 0 bridgehead atoms. The number of piperidine rings is 1. The fraction of sp³-hybridized carbons (Fsp3) is 0.550. The fourth-order valence-corrected chi connectivity index (χ4v) is 3.56. The van der Waals surface area contributed by atoms with Crippen molar-refractivity contribution in [3.05, 3.63) is 23.8 Å². The molecule has 0 radical (unpaired) electrons. The molecule has 0 spiro atoms. The van der Waals surface area contributed by atoms with Gasteiger partial charge in [-0.2, -0.15) is 10.5 Å². The summed E-state index contributed by atoms with van der Waals surface area (Å²) in [5, 5.41) is 17.9. The zero-order valence-corrected chi connectivity index (χ0v) is 14.8. The molecule has 0 amide bonds. The smallest absolute Gasteiger partial charge is 0.166 e. The van der Waals surface area contributed by atoms with Crippen LogP contribution in [0.4, 0.5) is 0 Å². The molecule has 1 fully saturated rings. The molecule has 6 nitrogen and oxygen atoms in total.